The second-order valence-electron chi connectivity index (χ2n) is 3.35. The Balaban J connectivity index is 1.83. The Labute approximate surface area is 92.0 Å². The summed E-state index contributed by atoms with van der Waals surface area (Å²) < 4.78 is 7.11. The predicted octanol–water partition coefficient (Wildman–Crippen LogP) is -0.0635. The van der Waals surface area contributed by atoms with Crippen LogP contribution >= 0.6 is 11.8 Å². The number of aliphatic hydroxyl groups excluding tert-OH is 1. The van der Waals surface area contributed by atoms with E-state index in [-0.39, 0.29) is 6.61 Å². The molecule has 1 aliphatic heterocycles. The van der Waals surface area contributed by atoms with Crippen LogP contribution in [0.25, 0.3) is 0 Å². The molecular weight excluding hydrogens is 216 g/mol. The van der Waals surface area contributed by atoms with Crippen molar-refractivity contribution >= 4 is 11.8 Å². The van der Waals surface area contributed by atoms with Gasteiger partial charge in [-0.25, -0.2) is 4.68 Å². The van der Waals surface area contributed by atoms with Crippen LogP contribution in [-0.4, -0.2) is 50.4 Å². The van der Waals surface area contributed by atoms with E-state index in [1.807, 2.05) is 0 Å². The van der Waals surface area contributed by atoms with E-state index < -0.39 is 0 Å². The molecule has 0 aliphatic carbocycles. The molecule has 7 heteroatoms. The zero-order valence-corrected chi connectivity index (χ0v) is 9.19. The van der Waals surface area contributed by atoms with Gasteiger partial charge in [0, 0.05) is 12.4 Å². The Kier molecular flexibility index (Phi) is 3.93. The summed E-state index contributed by atoms with van der Waals surface area (Å²) in [5, 5.41) is 20.8. The number of ether oxygens (including phenoxy) is 1. The van der Waals surface area contributed by atoms with Gasteiger partial charge in [-0.2, -0.15) is 0 Å². The Bertz CT molecular complexity index is 301. The van der Waals surface area contributed by atoms with Gasteiger partial charge in [-0.1, -0.05) is 11.8 Å². The summed E-state index contributed by atoms with van der Waals surface area (Å²) in [5.74, 6) is 0.881. The maximum atomic E-state index is 8.79. The SMILES string of the molecule is OCCn1nnnc1SCC1CCCO1. The minimum atomic E-state index is 0.0541. The highest BCUT2D eigenvalue weighted by molar-refractivity contribution is 7.99. The summed E-state index contributed by atoms with van der Waals surface area (Å²) in [6.45, 7) is 1.37. The molecule has 0 radical (unpaired) electrons. The third-order valence-corrected chi connectivity index (χ3v) is 3.32. The van der Waals surface area contributed by atoms with Gasteiger partial charge in [0.1, 0.15) is 0 Å². The van der Waals surface area contributed by atoms with E-state index in [4.69, 9.17) is 9.84 Å². The minimum absolute atomic E-state index is 0.0541. The molecule has 1 saturated heterocycles. The van der Waals surface area contributed by atoms with E-state index in [1.54, 1.807) is 16.4 Å². The molecule has 2 heterocycles. The van der Waals surface area contributed by atoms with Crippen LogP contribution in [0.2, 0.25) is 0 Å². The standard InChI is InChI=1S/C8H14N4O2S/c13-4-3-12-8(9-10-11-12)15-6-7-2-1-5-14-7/h7,13H,1-6H2. The number of thioether (sulfide) groups is 1. The van der Waals surface area contributed by atoms with Crippen LogP contribution in [0.1, 0.15) is 12.8 Å². The molecule has 0 saturated carbocycles. The monoisotopic (exact) mass is 230 g/mol. The minimum Gasteiger partial charge on any atom is -0.394 e. The molecule has 1 aromatic heterocycles. The van der Waals surface area contributed by atoms with Gasteiger partial charge in [0.25, 0.3) is 0 Å². The molecule has 0 bridgehead atoms. The first-order valence-electron chi connectivity index (χ1n) is 5.01. The van der Waals surface area contributed by atoms with E-state index in [0.717, 1.165) is 30.4 Å². The maximum Gasteiger partial charge on any atom is 0.209 e. The fourth-order valence-corrected chi connectivity index (χ4v) is 2.45. The van der Waals surface area contributed by atoms with Gasteiger partial charge in [0.2, 0.25) is 5.16 Å². The zero-order valence-electron chi connectivity index (χ0n) is 8.37. The van der Waals surface area contributed by atoms with E-state index in [0.29, 0.717) is 12.6 Å². The lowest BCUT2D eigenvalue weighted by Gasteiger charge is -2.07. The Morgan fingerprint density at radius 1 is 1.60 bits per heavy atom. The largest absolute Gasteiger partial charge is 0.394 e. The van der Waals surface area contributed by atoms with Crippen LogP contribution in [0.5, 0.6) is 0 Å². The van der Waals surface area contributed by atoms with Crippen molar-refractivity contribution in [3.63, 3.8) is 0 Å². The molecule has 1 unspecified atom stereocenters. The first-order valence-corrected chi connectivity index (χ1v) is 6.00. The summed E-state index contributed by atoms with van der Waals surface area (Å²) in [4.78, 5) is 0. The summed E-state index contributed by atoms with van der Waals surface area (Å²) in [6, 6.07) is 0. The first kappa shape index (κ1) is 10.8. The average Bonchev–Trinajstić information content (AvgIpc) is 2.85. The van der Waals surface area contributed by atoms with E-state index >= 15 is 0 Å². The predicted molar refractivity (Wildman–Crippen MR) is 54.6 cm³/mol. The van der Waals surface area contributed by atoms with Crippen molar-refractivity contribution < 1.29 is 9.84 Å². The van der Waals surface area contributed by atoms with Crippen LogP contribution in [0.15, 0.2) is 5.16 Å². The van der Waals surface area contributed by atoms with Crippen molar-refractivity contribution in [1.29, 1.82) is 0 Å². The summed E-state index contributed by atoms with van der Waals surface area (Å²) in [7, 11) is 0. The number of nitrogens with zero attached hydrogens (tertiary/aromatic N) is 4. The van der Waals surface area contributed by atoms with E-state index in [1.165, 1.54) is 0 Å². The number of aliphatic hydroxyl groups is 1. The second kappa shape index (κ2) is 5.43. The molecule has 1 aliphatic rings. The second-order valence-corrected chi connectivity index (χ2v) is 4.34. The first-order chi connectivity index (χ1) is 7.40. The Morgan fingerprint density at radius 3 is 3.27 bits per heavy atom. The molecule has 15 heavy (non-hydrogen) atoms. The van der Waals surface area contributed by atoms with Crippen molar-refractivity contribution in [2.24, 2.45) is 0 Å². The van der Waals surface area contributed by atoms with Gasteiger partial charge in [0.15, 0.2) is 0 Å². The molecule has 6 nitrogen and oxygen atoms in total. The molecule has 0 amide bonds. The number of rotatable bonds is 5. The fraction of sp³-hybridized carbons (Fsp3) is 0.875. The smallest absolute Gasteiger partial charge is 0.209 e. The maximum absolute atomic E-state index is 8.79. The molecular formula is C8H14N4O2S. The van der Waals surface area contributed by atoms with Crippen LogP contribution < -0.4 is 0 Å². The molecule has 1 N–H and O–H groups in total. The van der Waals surface area contributed by atoms with Gasteiger partial charge in [-0.15, -0.1) is 5.10 Å². The Hall–Kier alpha value is -0.660. The van der Waals surface area contributed by atoms with Crippen molar-refractivity contribution in [2.45, 2.75) is 30.6 Å². The van der Waals surface area contributed by atoms with Crippen LogP contribution in [0, 0.1) is 0 Å². The third-order valence-electron chi connectivity index (χ3n) is 2.23. The summed E-state index contributed by atoms with van der Waals surface area (Å²) in [6.07, 6.45) is 2.59. The quantitative estimate of drug-likeness (QED) is 0.714. The van der Waals surface area contributed by atoms with E-state index in [2.05, 4.69) is 15.5 Å². The van der Waals surface area contributed by atoms with Gasteiger partial charge in [0.05, 0.1) is 19.3 Å². The lowest BCUT2D eigenvalue weighted by atomic mass is 10.3. The molecule has 1 atom stereocenters. The topological polar surface area (TPSA) is 73.1 Å². The van der Waals surface area contributed by atoms with Gasteiger partial charge in [-0.05, 0) is 23.3 Å². The van der Waals surface area contributed by atoms with Crippen molar-refractivity contribution in [2.75, 3.05) is 19.0 Å². The molecule has 0 aromatic carbocycles. The molecule has 1 fully saturated rings. The van der Waals surface area contributed by atoms with Crippen LogP contribution in [0.4, 0.5) is 0 Å². The molecule has 84 valence electrons. The number of hydrogen-bond donors (Lipinski definition) is 1. The van der Waals surface area contributed by atoms with E-state index in [9.17, 15) is 0 Å². The highest BCUT2D eigenvalue weighted by Crippen LogP contribution is 2.21. The normalized spacial score (nSPS) is 21.0. The van der Waals surface area contributed by atoms with Crippen molar-refractivity contribution in [1.82, 2.24) is 20.2 Å². The Morgan fingerprint density at radius 2 is 2.53 bits per heavy atom. The number of tetrazole rings is 1. The fourth-order valence-electron chi connectivity index (χ4n) is 1.48. The van der Waals surface area contributed by atoms with Gasteiger partial charge < -0.3 is 9.84 Å². The highest BCUT2D eigenvalue weighted by Gasteiger charge is 2.17. The molecule has 2 rings (SSSR count). The van der Waals surface area contributed by atoms with Gasteiger partial charge >= 0.3 is 0 Å². The highest BCUT2D eigenvalue weighted by atomic mass is 32.2. The summed E-state index contributed by atoms with van der Waals surface area (Å²) in [5.41, 5.74) is 0. The third kappa shape index (κ3) is 2.90. The number of aromatic nitrogens is 4. The average molecular weight is 230 g/mol. The lowest BCUT2D eigenvalue weighted by molar-refractivity contribution is 0.129. The lowest BCUT2D eigenvalue weighted by Crippen LogP contribution is -2.10. The van der Waals surface area contributed by atoms with Crippen LogP contribution in [0.3, 0.4) is 0 Å². The van der Waals surface area contributed by atoms with Crippen molar-refractivity contribution in [3.05, 3.63) is 0 Å². The van der Waals surface area contributed by atoms with Crippen molar-refractivity contribution in [3.8, 4) is 0 Å². The zero-order chi connectivity index (χ0) is 10.5. The van der Waals surface area contributed by atoms with Gasteiger partial charge in [-0.3, -0.25) is 0 Å². The summed E-state index contributed by atoms with van der Waals surface area (Å²) >= 11 is 1.58. The molecule has 0 spiro atoms. The van der Waals surface area contributed by atoms with Crippen LogP contribution in [-0.2, 0) is 11.3 Å². The molecule has 1 aromatic rings. The number of hydrogen-bond acceptors (Lipinski definition) is 6.